The van der Waals surface area contributed by atoms with E-state index in [9.17, 15) is 4.79 Å². The maximum Gasteiger partial charge on any atom is 0.354 e. The van der Waals surface area contributed by atoms with Gasteiger partial charge in [-0.15, -0.1) is 0 Å². The van der Waals surface area contributed by atoms with Crippen molar-refractivity contribution in [3.63, 3.8) is 0 Å². The Morgan fingerprint density at radius 1 is 1.19 bits per heavy atom. The van der Waals surface area contributed by atoms with Gasteiger partial charge >= 0.3 is 5.97 Å². The van der Waals surface area contributed by atoms with Crippen molar-refractivity contribution in [1.29, 1.82) is 0 Å². The minimum Gasteiger partial charge on any atom is -0.477 e. The lowest BCUT2D eigenvalue weighted by Gasteiger charge is -2.03. The van der Waals surface area contributed by atoms with Crippen LogP contribution in [0.2, 0.25) is 0 Å². The summed E-state index contributed by atoms with van der Waals surface area (Å²) in [6, 6.07) is 10.5. The number of aromatic nitrogens is 1. The Hall–Kier alpha value is -2.36. The van der Waals surface area contributed by atoms with Crippen LogP contribution < -0.4 is 5.73 Å². The van der Waals surface area contributed by atoms with Crippen LogP contribution in [0.25, 0.3) is 11.1 Å². The van der Waals surface area contributed by atoms with Gasteiger partial charge in [-0.05, 0) is 35.4 Å². The Kier molecular flexibility index (Phi) is 2.55. The number of rotatable bonds is 2. The van der Waals surface area contributed by atoms with Crippen LogP contribution in [0.15, 0.2) is 42.6 Å². The highest BCUT2D eigenvalue weighted by atomic mass is 16.4. The molecule has 0 aliphatic carbocycles. The molecule has 0 spiro atoms. The summed E-state index contributed by atoms with van der Waals surface area (Å²) in [7, 11) is 0. The number of nitrogens with two attached hydrogens (primary N) is 1. The molecule has 0 atom stereocenters. The van der Waals surface area contributed by atoms with E-state index in [1.54, 1.807) is 18.2 Å². The van der Waals surface area contributed by atoms with Gasteiger partial charge in [0.25, 0.3) is 0 Å². The molecule has 0 radical (unpaired) electrons. The Morgan fingerprint density at radius 2 is 1.94 bits per heavy atom. The van der Waals surface area contributed by atoms with Crippen LogP contribution in [-0.4, -0.2) is 16.1 Å². The molecule has 4 heteroatoms. The summed E-state index contributed by atoms with van der Waals surface area (Å²) in [4.78, 5) is 14.5. The monoisotopic (exact) mass is 214 g/mol. The molecule has 4 nitrogen and oxygen atoms in total. The van der Waals surface area contributed by atoms with E-state index < -0.39 is 5.97 Å². The van der Waals surface area contributed by atoms with Crippen molar-refractivity contribution in [3.05, 3.63) is 48.3 Å². The summed E-state index contributed by atoms with van der Waals surface area (Å²) in [6.07, 6.45) is 1.47. The highest BCUT2D eigenvalue weighted by Crippen LogP contribution is 2.21. The van der Waals surface area contributed by atoms with Crippen LogP contribution in [0, 0.1) is 0 Å². The fourth-order valence-electron chi connectivity index (χ4n) is 1.45. The van der Waals surface area contributed by atoms with Gasteiger partial charge in [0.05, 0.1) is 0 Å². The van der Waals surface area contributed by atoms with E-state index in [2.05, 4.69) is 4.98 Å². The number of aromatic carboxylic acids is 1. The Bertz CT molecular complexity index is 538. The summed E-state index contributed by atoms with van der Waals surface area (Å²) in [6.45, 7) is 0. The number of nitrogens with zero attached hydrogens (tertiary/aromatic N) is 1. The smallest absolute Gasteiger partial charge is 0.354 e. The van der Waals surface area contributed by atoms with Gasteiger partial charge in [-0.3, -0.25) is 0 Å². The third-order valence-corrected chi connectivity index (χ3v) is 2.20. The molecule has 0 unspecified atom stereocenters. The maximum atomic E-state index is 10.8. The number of pyridine rings is 1. The molecule has 0 fully saturated rings. The second kappa shape index (κ2) is 4.02. The van der Waals surface area contributed by atoms with Gasteiger partial charge in [-0.1, -0.05) is 12.1 Å². The molecule has 1 aromatic heterocycles. The zero-order valence-corrected chi connectivity index (χ0v) is 8.42. The Balaban J connectivity index is 2.48. The van der Waals surface area contributed by atoms with Crippen molar-refractivity contribution in [2.45, 2.75) is 0 Å². The number of hydrogen-bond donors (Lipinski definition) is 2. The third kappa shape index (κ3) is 2.00. The fourth-order valence-corrected chi connectivity index (χ4v) is 1.45. The topological polar surface area (TPSA) is 76.2 Å². The molecule has 2 aromatic rings. The third-order valence-electron chi connectivity index (χ3n) is 2.20. The van der Waals surface area contributed by atoms with Crippen molar-refractivity contribution < 1.29 is 9.90 Å². The molecule has 0 saturated carbocycles. The average molecular weight is 214 g/mol. The number of nitrogen functional groups attached to an aromatic ring is 1. The molecule has 16 heavy (non-hydrogen) atoms. The lowest BCUT2D eigenvalue weighted by molar-refractivity contribution is 0.0690. The van der Waals surface area contributed by atoms with Crippen molar-refractivity contribution in [2.24, 2.45) is 0 Å². The number of anilines is 1. The van der Waals surface area contributed by atoms with E-state index in [1.807, 2.05) is 12.1 Å². The van der Waals surface area contributed by atoms with Gasteiger partial charge in [0, 0.05) is 11.9 Å². The van der Waals surface area contributed by atoms with E-state index in [0.717, 1.165) is 11.1 Å². The number of carboxylic acid groups (broad SMARTS) is 1. The van der Waals surface area contributed by atoms with E-state index >= 15 is 0 Å². The second-order valence-corrected chi connectivity index (χ2v) is 3.36. The normalized spacial score (nSPS) is 10.0. The lowest BCUT2D eigenvalue weighted by atomic mass is 10.1. The second-order valence-electron chi connectivity index (χ2n) is 3.36. The SMILES string of the molecule is Nc1cccc(-c2ccnc(C(=O)O)c2)c1. The summed E-state index contributed by atoms with van der Waals surface area (Å²) in [5.74, 6) is -1.04. The first kappa shape index (κ1) is 10.2. The molecule has 0 aliphatic heterocycles. The largest absolute Gasteiger partial charge is 0.477 e. The molecule has 1 heterocycles. The number of hydrogen-bond acceptors (Lipinski definition) is 3. The molecule has 2 rings (SSSR count). The lowest BCUT2D eigenvalue weighted by Crippen LogP contribution is -1.99. The van der Waals surface area contributed by atoms with Crippen LogP contribution in [0.1, 0.15) is 10.5 Å². The standard InChI is InChI=1S/C12H10N2O2/c13-10-3-1-2-8(6-10)9-4-5-14-11(7-9)12(15)16/h1-7H,13H2,(H,15,16). The summed E-state index contributed by atoms with van der Waals surface area (Å²) < 4.78 is 0. The van der Waals surface area contributed by atoms with Gasteiger partial charge in [0.1, 0.15) is 5.69 Å². The summed E-state index contributed by atoms with van der Waals surface area (Å²) in [5, 5.41) is 8.82. The molecule has 0 aliphatic rings. The first-order chi connectivity index (χ1) is 7.66. The molecule has 0 saturated heterocycles. The first-order valence-electron chi connectivity index (χ1n) is 4.72. The molecule has 1 aromatic carbocycles. The van der Waals surface area contributed by atoms with Crippen molar-refractivity contribution in [1.82, 2.24) is 4.98 Å². The van der Waals surface area contributed by atoms with Crippen LogP contribution in [0.3, 0.4) is 0 Å². The maximum absolute atomic E-state index is 10.8. The first-order valence-corrected chi connectivity index (χ1v) is 4.72. The van der Waals surface area contributed by atoms with Gasteiger partial charge in [-0.25, -0.2) is 9.78 Å². The molecule has 80 valence electrons. The predicted molar refractivity (Wildman–Crippen MR) is 61.0 cm³/mol. The minimum absolute atomic E-state index is 0.0277. The van der Waals surface area contributed by atoms with Gasteiger partial charge in [0.2, 0.25) is 0 Å². The zero-order valence-electron chi connectivity index (χ0n) is 8.42. The van der Waals surface area contributed by atoms with Crippen LogP contribution in [0.5, 0.6) is 0 Å². The Labute approximate surface area is 92.4 Å². The van der Waals surface area contributed by atoms with Crippen molar-refractivity contribution >= 4 is 11.7 Å². The van der Waals surface area contributed by atoms with Crippen LogP contribution in [0.4, 0.5) is 5.69 Å². The quantitative estimate of drug-likeness (QED) is 0.750. The van der Waals surface area contributed by atoms with E-state index in [1.165, 1.54) is 12.3 Å². The molecule has 0 bridgehead atoms. The summed E-state index contributed by atoms with van der Waals surface area (Å²) >= 11 is 0. The highest BCUT2D eigenvalue weighted by molar-refractivity contribution is 5.87. The molecular weight excluding hydrogens is 204 g/mol. The van der Waals surface area contributed by atoms with Crippen LogP contribution in [-0.2, 0) is 0 Å². The summed E-state index contributed by atoms with van der Waals surface area (Å²) in [5.41, 5.74) is 8.01. The van der Waals surface area contributed by atoms with Gasteiger partial charge in [0.15, 0.2) is 0 Å². The van der Waals surface area contributed by atoms with Crippen molar-refractivity contribution in [2.75, 3.05) is 5.73 Å². The Morgan fingerprint density at radius 3 is 2.62 bits per heavy atom. The number of benzene rings is 1. The minimum atomic E-state index is -1.04. The van der Waals surface area contributed by atoms with Crippen LogP contribution >= 0.6 is 0 Å². The fraction of sp³-hybridized carbons (Fsp3) is 0. The van der Waals surface area contributed by atoms with Crippen molar-refractivity contribution in [3.8, 4) is 11.1 Å². The van der Waals surface area contributed by atoms with E-state index in [4.69, 9.17) is 10.8 Å². The van der Waals surface area contributed by atoms with Gasteiger partial charge in [-0.2, -0.15) is 0 Å². The predicted octanol–water partition coefficient (Wildman–Crippen LogP) is 2.03. The molecular formula is C12H10N2O2. The zero-order chi connectivity index (χ0) is 11.5. The molecule has 3 N–H and O–H groups in total. The molecule has 0 amide bonds. The number of carboxylic acids is 1. The van der Waals surface area contributed by atoms with Gasteiger partial charge < -0.3 is 10.8 Å². The van der Waals surface area contributed by atoms with E-state index in [0.29, 0.717) is 5.69 Å². The number of carbonyl (C=O) groups is 1. The highest BCUT2D eigenvalue weighted by Gasteiger charge is 2.06. The van der Waals surface area contributed by atoms with E-state index in [-0.39, 0.29) is 5.69 Å². The average Bonchev–Trinajstić information content (AvgIpc) is 2.29.